The molecule has 2 aromatic rings. The van der Waals surface area contributed by atoms with Crippen molar-refractivity contribution in [3.63, 3.8) is 0 Å². The molecule has 0 aliphatic heterocycles. The van der Waals surface area contributed by atoms with Crippen LogP contribution < -0.4 is 10.2 Å². The highest BCUT2D eigenvalue weighted by molar-refractivity contribution is 5.27. The number of benzene rings is 1. The van der Waals surface area contributed by atoms with Gasteiger partial charge in [0.2, 0.25) is 11.2 Å². The predicted molar refractivity (Wildman–Crippen MR) is 66.5 cm³/mol. The summed E-state index contributed by atoms with van der Waals surface area (Å²) < 4.78 is 22.8. The van der Waals surface area contributed by atoms with Crippen molar-refractivity contribution in [1.82, 2.24) is 0 Å². The second-order valence-electron chi connectivity index (χ2n) is 3.90. The van der Waals surface area contributed by atoms with Crippen LogP contribution >= 0.6 is 0 Å². The largest absolute Gasteiger partial charge is 0.482 e. The Morgan fingerprint density at radius 3 is 2.63 bits per heavy atom. The summed E-state index contributed by atoms with van der Waals surface area (Å²) in [5.41, 5.74) is 0.374. The van der Waals surface area contributed by atoms with Crippen molar-refractivity contribution < 1.29 is 18.7 Å². The Kier molecular flexibility index (Phi) is 4.30. The van der Waals surface area contributed by atoms with E-state index in [4.69, 9.17) is 14.3 Å². The van der Waals surface area contributed by atoms with Gasteiger partial charge in [0, 0.05) is 6.07 Å². The van der Waals surface area contributed by atoms with Gasteiger partial charge in [0.1, 0.15) is 25.6 Å². The van der Waals surface area contributed by atoms with Crippen molar-refractivity contribution in [2.45, 2.75) is 19.9 Å². The van der Waals surface area contributed by atoms with Crippen LogP contribution in [0, 0.1) is 0 Å². The van der Waals surface area contributed by atoms with Gasteiger partial charge in [-0.3, -0.25) is 4.79 Å². The molecule has 0 atom stereocenters. The van der Waals surface area contributed by atoms with Gasteiger partial charge in [-0.2, -0.15) is 0 Å². The van der Waals surface area contributed by atoms with E-state index in [1.165, 1.54) is 0 Å². The average Bonchev–Trinajstić information content (AvgIpc) is 2.46. The molecule has 1 N–H and O–H groups in total. The lowest BCUT2D eigenvalue weighted by Crippen LogP contribution is -2.11. The fourth-order valence-corrected chi connectivity index (χ4v) is 1.63. The second-order valence-corrected chi connectivity index (χ2v) is 3.90. The van der Waals surface area contributed by atoms with E-state index < -0.39 is 18.7 Å². The number of hydrogen-bond donors (Lipinski definition) is 1. The third kappa shape index (κ3) is 3.20. The van der Waals surface area contributed by atoms with Gasteiger partial charge in [-0.1, -0.05) is 30.3 Å². The minimum absolute atomic E-state index is 0.0592. The van der Waals surface area contributed by atoms with Gasteiger partial charge in [0.15, 0.2) is 5.76 Å². The monoisotopic (exact) mass is 264 g/mol. The third-order valence-electron chi connectivity index (χ3n) is 2.52. The van der Waals surface area contributed by atoms with Crippen molar-refractivity contribution in [3.05, 3.63) is 63.7 Å². The summed E-state index contributed by atoms with van der Waals surface area (Å²) >= 11 is 0. The van der Waals surface area contributed by atoms with Crippen LogP contribution in [0.1, 0.15) is 17.1 Å². The van der Waals surface area contributed by atoms with E-state index in [1.54, 1.807) is 0 Å². The molecule has 0 aliphatic carbocycles. The van der Waals surface area contributed by atoms with Gasteiger partial charge in [0.05, 0.1) is 0 Å². The Bertz CT molecular complexity index is 592. The molecule has 0 unspecified atom stereocenters. The first-order chi connectivity index (χ1) is 9.24. The highest BCUT2D eigenvalue weighted by atomic mass is 19.1. The molecule has 1 heterocycles. The van der Waals surface area contributed by atoms with Gasteiger partial charge < -0.3 is 14.3 Å². The normalized spacial score (nSPS) is 10.4. The lowest BCUT2D eigenvalue weighted by Gasteiger charge is -2.09. The lowest BCUT2D eigenvalue weighted by molar-refractivity contribution is 0.208. The molecule has 0 saturated heterocycles. The molecule has 0 fully saturated rings. The molecular weight excluding hydrogens is 251 g/mol. The number of halogens is 1. The summed E-state index contributed by atoms with van der Waals surface area (Å²) in [5.74, 6) is -0.263. The maximum Gasteiger partial charge on any atom is 0.227 e. The van der Waals surface area contributed by atoms with E-state index in [0.717, 1.165) is 11.6 Å². The molecule has 1 aromatic carbocycles. The molecule has 2 rings (SSSR count). The van der Waals surface area contributed by atoms with Crippen LogP contribution in [0.15, 0.2) is 45.6 Å². The smallest absolute Gasteiger partial charge is 0.227 e. The predicted octanol–water partition coefficient (Wildman–Crippen LogP) is 2.18. The van der Waals surface area contributed by atoms with E-state index >= 15 is 0 Å². The molecule has 0 amide bonds. The zero-order valence-electron chi connectivity index (χ0n) is 10.1. The minimum Gasteiger partial charge on any atom is -0.482 e. The van der Waals surface area contributed by atoms with E-state index in [1.807, 2.05) is 30.3 Å². The number of ether oxygens (including phenoxy) is 1. The van der Waals surface area contributed by atoms with Crippen LogP contribution in [0.2, 0.25) is 0 Å². The molecule has 19 heavy (non-hydrogen) atoms. The molecule has 5 heteroatoms. The van der Waals surface area contributed by atoms with E-state index in [-0.39, 0.29) is 23.9 Å². The summed E-state index contributed by atoms with van der Waals surface area (Å²) in [6, 6.07) is 10.3. The summed E-state index contributed by atoms with van der Waals surface area (Å²) in [7, 11) is 0. The summed E-state index contributed by atoms with van der Waals surface area (Å²) in [6.07, 6.45) is 0. The molecule has 0 radical (unpaired) electrons. The third-order valence-corrected chi connectivity index (χ3v) is 2.52. The van der Waals surface area contributed by atoms with Crippen molar-refractivity contribution >= 4 is 0 Å². The van der Waals surface area contributed by atoms with Crippen LogP contribution in [0.4, 0.5) is 4.39 Å². The quantitative estimate of drug-likeness (QED) is 0.899. The van der Waals surface area contributed by atoms with Crippen molar-refractivity contribution in [3.8, 4) is 5.75 Å². The highest BCUT2D eigenvalue weighted by Gasteiger charge is 2.13. The Morgan fingerprint density at radius 1 is 1.26 bits per heavy atom. The number of aliphatic hydroxyl groups is 1. The van der Waals surface area contributed by atoms with Crippen LogP contribution in [-0.4, -0.2) is 5.11 Å². The molecule has 4 nitrogen and oxygen atoms in total. The van der Waals surface area contributed by atoms with Crippen LogP contribution in [0.5, 0.6) is 5.75 Å². The summed E-state index contributed by atoms with van der Waals surface area (Å²) in [5, 5.41) is 9.12. The molecule has 1 aromatic heterocycles. The Labute approximate surface area is 109 Å². The van der Waals surface area contributed by atoms with Gasteiger partial charge in [-0.15, -0.1) is 0 Å². The van der Waals surface area contributed by atoms with E-state index in [0.29, 0.717) is 0 Å². The maximum absolute atomic E-state index is 12.4. The average molecular weight is 264 g/mol. The zero-order valence-corrected chi connectivity index (χ0v) is 10.1. The Hall–Kier alpha value is -2.14. The lowest BCUT2D eigenvalue weighted by atomic mass is 10.2. The molecule has 0 bridgehead atoms. The van der Waals surface area contributed by atoms with Crippen LogP contribution in [0.25, 0.3) is 0 Å². The number of rotatable bonds is 5. The Balaban J connectivity index is 2.22. The fourth-order valence-electron chi connectivity index (χ4n) is 1.63. The maximum atomic E-state index is 12.4. The topological polar surface area (TPSA) is 59.7 Å². The van der Waals surface area contributed by atoms with Crippen LogP contribution in [-0.2, 0) is 19.9 Å². The molecule has 0 saturated carbocycles. The van der Waals surface area contributed by atoms with E-state index in [9.17, 15) is 9.18 Å². The van der Waals surface area contributed by atoms with Gasteiger partial charge >= 0.3 is 0 Å². The standard InChI is InChI=1S/C14H13FO4/c15-7-11-6-12(17)14(13(8-16)19-11)18-9-10-4-2-1-3-5-10/h1-6,16H,7-9H2. The highest BCUT2D eigenvalue weighted by Crippen LogP contribution is 2.17. The van der Waals surface area contributed by atoms with Crippen molar-refractivity contribution in [2.75, 3.05) is 0 Å². The van der Waals surface area contributed by atoms with Crippen LogP contribution in [0.3, 0.4) is 0 Å². The number of alkyl halides is 1. The Morgan fingerprint density at radius 2 is 2.00 bits per heavy atom. The number of hydrogen-bond acceptors (Lipinski definition) is 4. The molecular formula is C14H13FO4. The number of aliphatic hydroxyl groups excluding tert-OH is 1. The van der Waals surface area contributed by atoms with Gasteiger partial charge in [0.25, 0.3) is 0 Å². The van der Waals surface area contributed by atoms with E-state index in [2.05, 4.69) is 0 Å². The first kappa shape index (κ1) is 13.3. The summed E-state index contributed by atoms with van der Waals surface area (Å²) in [6.45, 7) is -1.25. The molecule has 100 valence electrons. The first-order valence-corrected chi connectivity index (χ1v) is 5.74. The van der Waals surface area contributed by atoms with Crippen molar-refractivity contribution in [2.24, 2.45) is 0 Å². The fraction of sp³-hybridized carbons (Fsp3) is 0.214. The molecule has 0 aliphatic rings. The second kappa shape index (κ2) is 6.15. The zero-order chi connectivity index (χ0) is 13.7. The molecule has 0 spiro atoms. The van der Waals surface area contributed by atoms with Crippen molar-refractivity contribution in [1.29, 1.82) is 0 Å². The van der Waals surface area contributed by atoms with Gasteiger partial charge in [-0.25, -0.2) is 4.39 Å². The van der Waals surface area contributed by atoms with Gasteiger partial charge in [-0.05, 0) is 5.56 Å². The SMILES string of the molecule is O=c1cc(CF)oc(CO)c1OCc1ccccc1. The minimum atomic E-state index is -0.902. The first-order valence-electron chi connectivity index (χ1n) is 5.74. The summed E-state index contributed by atoms with van der Waals surface area (Å²) in [4.78, 5) is 11.7.